The summed E-state index contributed by atoms with van der Waals surface area (Å²) in [5.74, 6) is -0.596. The summed E-state index contributed by atoms with van der Waals surface area (Å²) in [6, 6.07) is 13.2. The van der Waals surface area contributed by atoms with Crippen LogP contribution in [0.1, 0.15) is 25.6 Å². The van der Waals surface area contributed by atoms with E-state index in [1.54, 1.807) is 42.5 Å². The fourth-order valence-corrected chi connectivity index (χ4v) is 3.56. The number of rotatable bonds is 5. The van der Waals surface area contributed by atoms with E-state index < -0.39 is 0 Å². The van der Waals surface area contributed by atoms with Gasteiger partial charge in [0.1, 0.15) is 0 Å². The molecule has 3 aromatic rings. The van der Waals surface area contributed by atoms with Gasteiger partial charge in [0, 0.05) is 22.2 Å². The Labute approximate surface area is 175 Å². The van der Waals surface area contributed by atoms with E-state index in [0.717, 1.165) is 5.56 Å². The fraction of sp³-hybridized carbons (Fsp3) is 0.0526. The van der Waals surface area contributed by atoms with Crippen molar-refractivity contribution >= 4 is 63.6 Å². The molecule has 138 valence electrons. The summed E-state index contributed by atoms with van der Waals surface area (Å²) in [6.45, 7) is 0.244. The third kappa shape index (κ3) is 5.02. The highest BCUT2D eigenvalue weighted by Gasteiger charge is 2.13. The van der Waals surface area contributed by atoms with E-state index in [1.807, 2.05) is 5.38 Å². The monoisotopic (exact) mass is 438 g/mol. The number of hydrogen-bond donors (Lipinski definition) is 2. The zero-order valence-corrected chi connectivity index (χ0v) is 16.8. The molecule has 1 heterocycles. The smallest absolute Gasteiger partial charge is 0.265 e. The minimum Gasteiger partial charge on any atom is -0.348 e. The van der Waals surface area contributed by atoms with Crippen LogP contribution in [-0.2, 0) is 6.54 Å². The molecule has 0 aliphatic heterocycles. The van der Waals surface area contributed by atoms with Gasteiger partial charge < -0.3 is 10.6 Å². The number of thiophene rings is 1. The van der Waals surface area contributed by atoms with Crippen LogP contribution in [0.3, 0.4) is 0 Å². The molecule has 27 heavy (non-hydrogen) atoms. The van der Waals surface area contributed by atoms with Crippen molar-refractivity contribution in [1.29, 1.82) is 0 Å². The Morgan fingerprint density at radius 2 is 1.74 bits per heavy atom. The molecule has 0 unspecified atom stereocenters. The van der Waals surface area contributed by atoms with Crippen LogP contribution >= 0.6 is 46.1 Å². The van der Waals surface area contributed by atoms with Crippen LogP contribution in [0.2, 0.25) is 15.1 Å². The van der Waals surface area contributed by atoms with Gasteiger partial charge >= 0.3 is 0 Å². The predicted molar refractivity (Wildman–Crippen MR) is 111 cm³/mol. The van der Waals surface area contributed by atoms with Gasteiger partial charge in [0.15, 0.2) is 0 Å². The minimum atomic E-state index is -0.315. The maximum absolute atomic E-state index is 12.4. The predicted octanol–water partition coefficient (Wildman–Crippen LogP) is 5.89. The Morgan fingerprint density at radius 3 is 2.44 bits per heavy atom. The van der Waals surface area contributed by atoms with Crippen LogP contribution < -0.4 is 10.6 Å². The number of halogens is 3. The maximum atomic E-state index is 12.4. The average Bonchev–Trinajstić information content (AvgIpc) is 3.17. The summed E-state index contributed by atoms with van der Waals surface area (Å²) in [5, 5.41) is 8.66. The molecule has 2 amide bonds. The molecule has 3 rings (SSSR count). The Bertz CT molecular complexity index is 991. The standard InChI is InChI=1S/C19H13Cl3N2O2S/c20-13-5-3-12(15(22)9-13)10-23-18(25)11-4-6-14(21)16(8-11)24-19(26)17-2-1-7-27-17/h1-9H,10H2,(H,23,25)(H,24,26). The van der Waals surface area contributed by atoms with E-state index in [9.17, 15) is 9.59 Å². The molecule has 0 atom stereocenters. The van der Waals surface area contributed by atoms with Crippen molar-refractivity contribution in [3.05, 3.63) is 85.0 Å². The number of benzene rings is 2. The van der Waals surface area contributed by atoms with Crippen LogP contribution in [-0.4, -0.2) is 11.8 Å². The number of hydrogen-bond acceptors (Lipinski definition) is 3. The largest absolute Gasteiger partial charge is 0.348 e. The molecule has 0 radical (unpaired) electrons. The first-order valence-corrected chi connectivity index (χ1v) is 9.82. The lowest BCUT2D eigenvalue weighted by Crippen LogP contribution is -2.23. The molecule has 0 spiro atoms. The molecular weight excluding hydrogens is 427 g/mol. The zero-order chi connectivity index (χ0) is 19.4. The molecule has 0 saturated heterocycles. The van der Waals surface area contributed by atoms with E-state index in [1.165, 1.54) is 17.4 Å². The van der Waals surface area contributed by atoms with Gasteiger partial charge in [-0.25, -0.2) is 0 Å². The van der Waals surface area contributed by atoms with Crippen molar-refractivity contribution in [3.63, 3.8) is 0 Å². The van der Waals surface area contributed by atoms with E-state index in [-0.39, 0.29) is 18.4 Å². The quantitative estimate of drug-likeness (QED) is 0.520. The average molecular weight is 440 g/mol. The van der Waals surface area contributed by atoms with E-state index >= 15 is 0 Å². The zero-order valence-electron chi connectivity index (χ0n) is 13.8. The van der Waals surface area contributed by atoms with Crippen LogP contribution in [0.5, 0.6) is 0 Å². The van der Waals surface area contributed by atoms with Gasteiger partial charge in [-0.15, -0.1) is 11.3 Å². The second-order valence-corrected chi connectivity index (χ2v) is 7.74. The highest BCUT2D eigenvalue weighted by molar-refractivity contribution is 7.12. The molecule has 2 N–H and O–H groups in total. The van der Waals surface area contributed by atoms with Crippen molar-refractivity contribution in [2.45, 2.75) is 6.54 Å². The Morgan fingerprint density at radius 1 is 0.926 bits per heavy atom. The number of amides is 2. The number of carbonyl (C=O) groups excluding carboxylic acids is 2. The Balaban J connectivity index is 1.70. The first-order chi connectivity index (χ1) is 12.9. The van der Waals surface area contributed by atoms with Crippen molar-refractivity contribution in [2.75, 3.05) is 5.32 Å². The summed E-state index contributed by atoms with van der Waals surface area (Å²) >= 11 is 19.4. The molecule has 0 aliphatic rings. The van der Waals surface area contributed by atoms with Crippen molar-refractivity contribution in [3.8, 4) is 0 Å². The van der Waals surface area contributed by atoms with Crippen LogP contribution in [0.25, 0.3) is 0 Å². The summed E-state index contributed by atoms with van der Waals surface area (Å²) in [4.78, 5) is 25.2. The van der Waals surface area contributed by atoms with Gasteiger partial charge in [-0.05, 0) is 47.3 Å². The van der Waals surface area contributed by atoms with Gasteiger partial charge in [0.05, 0.1) is 15.6 Å². The SMILES string of the molecule is O=C(NCc1ccc(Cl)cc1Cl)c1ccc(Cl)c(NC(=O)c2cccs2)c1. The minimum absolute atomic E-state index is 0.244. The van der Waals surface area contributed by atoms with E-state index in [2.05, 4.69) is 10.6 Å². The fourth-order valence-electron chi connectivity index (χ4n) is 2.30. The summed E-state index contributed by atoms with van der Waals surface area (Å²) in [5.41, 5.74) is 1.48. The van der Waals surface area contributed by atoms with Crippen molar-refractivity contribution < 1.29 is 9.59 Å². The Kier molecular flexibility index (Phi) is 6.39. The molecule has 0 fully saturated rings. The lowest BCUT2D eigenvalue weighted by atomic mass is 10.1. The molecule has 0 bridgehead atoms. The first-order valence-electron chi connectivity index (χ1n) is 7.80. The maximum Gasteiger partial charge on any atom is 0.265 e. The summed E-state index contributed by atoms with van der Waals surface area (Å²) < 4.78 is 0. The third-order valence-electron chi connectivity index (χ3n) is 3.68. The first kappa shape index (κ1) is 19.7. The molecule has 2 aromatic carbocycles. The molecular formula is C19H13Cl3N2O2S. The molecule has 8 heteroatoms. The van der Waals surface area contributed by atoms with Crippen LogP contribution in [0.4, 0.5) is 5.69 Å². The molecule has 0 saturated carbocycles. The van der Waals surface area contributed by atoms with E-state index in [4.69, 9.17) is 34.8 Å². The highest BCUT2D eigenvalue weighted by atomic mass is 35.5. The lowest BCUT2D eigenvalue weighted by Gasteiger charge is -2.10. The van der Waals surface area contributed by atoms with Crippen LogP contribution in [0, 0.1) is 0 Å². The third-order valence-corrected chi connectivity index (χ3v) is 5.46. The number of carbonyl (C=O) groups is 2. The molecule has 0 aliphatic carbocycles. The van der Waals surface area contributed by atoms with E-state index in [0.29, 0.717) is 31.2 Å². The van der Waals surface area contributed by atoms with Gasteiger partial charge in [0.2, 0.25) is 0 Å². The second kappa shape index (κ2) is 8.76. The second-order valence-electron chi connectivity index (χ2n) is 5.54. The number of nitrogens with one attached hydrogen (secondary N) is 2. The normalized spacial score (nSPS) is 10.5. The van der Waals surface area contributed by atoms with Gasteiger partial charge in [-0.1, -0.05) is 46.9 Å². The summed E-state index contributed by atoms with van der Waals surface area (Å²) in [7, 11) is 0. The topological polar surface area (TPSA) is 58.2 Å². The van der Waals surface area contributed by atoms with Crippen LogP contribution in [0.15, 0.2) is 53.9 Å². The number of anilines is 1. The van der Waals surface area contributed by atoms with Gasteiger partial charge in [-0.3, -0.25) is 9.59 Å². The highest BCUT2D eigenvalue weighted by Crippen LogP contribution is 2.25. The van der Waals surface area contributed by atoms with Gasteiger partial charge in [0.25, 0.3) is 11.8 Å². The van der Waals surface area contributed by atoms with Crippen molar-refractivity contribution in [1.82, 2.24) is 5.32 Å². The van der Waals surface area contributed by atoms with Gasteiger partial charge in [-0.2, -0.15) is 0 Å². The van der Waals surface area contributed by atoms with Crippen molar-refractivity contribution in [2.24, 2.45) is 0 Å². The summed E-state index contributed by atoms with van der Waals surface area (Å²) in [6.07, 6.45) is 0. The Hall–Kier alpha value is -2.05. The molecule has 4 nitrogen and oxygen atoms in total. The lowest BCUT2D eigenvalue weighted by molar-refractivity contribution is 0.0949. The molecule has 1 aromatic heterocycles.